The number of nitrogens with one attached hydrogen (secondary N) is 1. The topological polar surface area (TPSA) is 32.3 Å². The second kappa shape index (κ2) is 3.89. The van der Waals surface area contributed by atoms with Gasteiger partial charge < -0.3 is 5.32 Å². The van der Waals surface area contributed by atoms with Crippen LogP contribution in [0, 0.1) is 0 Å². The molecule has 1 amide bonds. The minimum Gasteiger partial charge on any atom is -0.356 e. The van der Waals surface area contributed by atoms with Crippen LogP contribution in [0.5, 0.6) is 0 Å². The van der Waals surface area contributed by atoms with E-state index in [0.29, 0.717) is 0 Å². The highest BCUT2D eigenvalue weighted by Gasteiger charge is 2.30. The number of para-hydroxylation sites is 1. The maximum atomic E-state index is 12.4. The molecule has 4 heteroatoms. The summed E-state index contributed by atoms with van der Waals surface area (Å²) in [5, 5.41) is 6.25. The molecule has 0 aliphatic carbocycles. The Balaban J connectivity index is 2.05. The molecule has 1 N–H and O–H groups in total. The van der Waals surface area contributed by atoms with E-state index in [1.165, 1.54) is 0 Å². The van der Waals surface area contributed by atoms with Gasteiger partial charge in [0.1, 0.15) is 11.2 Å². The third-order valence-corrected chi connectivity index (χ3v) is 3.72. The van der Waals surface area contributed by atoms with E-state index in [2.05, 4.69) is 5.32 Å². The van der Waals surface area contributed by atoms with E-state index < -0.39 is 0 Å². The smallest absolute Gasteiger partial charge is 0.262 e. The van der Waals surface area contributed by atoms with Crippen molar-refractivity contribution >= 4 is 27.9 Å². The van der Waals surface area contributed by atoms with Gasteiger partial charge in [-0.25, -0.2) is 0 Å². The average molecular weight is 244 g/mol. The molecule has 0 saturated heterocycles. The van der Waals surface area contributed by atoms with Gasteiger partial charge in [-0.15, -0.1) is 11.3 Å². The summed E-state index contributed by atoms with van der Waals surface area (Å²) in [6, 6.07) is 11.6. The van der Waals surface area contributed by atoms with Crippen LogP contribution in [0.2, 0.25) is 0 Å². The van der Waals surface area contributed by atoms with E-state index >= 15 is 0 Å². The lowest BCUT2D eigenvalue weighted by Crippen LogP contribution is -2.46. The Morgan fingerprint density at radius 3 is 2.76 bits per heavy atom. The summed E-state index contributed by atoms with van der Waals surface area (Å²) in [6.07, 6.45) is -0.0175. The largest absolute Gasteiger partial charge is 0.356 e. The molecular weight excluding hydrogens is 232 g/mol. The Hall–Kier alpha value is -1.81. The number of carbonyl (C=O) groups excluding carboxylic acids is 1. The minimum atomic E-state index is -0.0175. The molecule has 2 aromatic rings. The van der Waals surface area contributed by atoms with Crippen molar-refractivity contribution in [3.63, 3.8) is 0 Å². The van der Waals surface area contributed by atoms with Crippen LogP contribution in [-0.2, 0) is 0 Å². The van der Waals surface area contributed by atoms with Gasteiger partial charge in [0.25, 0.3) is 5.91 Å². The van der Waals surface area contributed by atoms with Gasteiger partial charge in [0.05, 0.1) is 5.56 Å². The zero-order valence-electron chi connectivity index (χ0n) is 9.38. The maximum Gasteiger partial charge on any atom is 0.262 e. The predicted molar refractivity (Wildman–Crippen MR) is 70.7 cm³/mol. The molecule has 86 valence electrons. The summed E-state index contributed by atoms with van der Waals surface area (Å²) in [6.45, 7) is 1.99. The van der Waals surface area contributed by atoms with Crippen LogP contribution in [-0.4, -0.2) is 12.1 Å². The molecule has 2 heterocycles. The van der Waals surface area contributed by atoms with Crippen LogP contribution in [0.25, 0.3) is 0 Å². The first-order valence-electron chi connectivity index (χ1n) is 5.50. The van der Waals surface area contributed by atoms with Gasteiger partial charge in [0, 0.05) is 5.69 Å². The number of carbonyl (C=O) groups is 1. The molecule has 1 atom stereocenters. The first-order valence-corrected chi connectivity index (χ1v) is 6.38. The van der Waals surface area contributed by atoms with E-state index in [1.54, 1.807) is 16.2 Å². The van der Waals surface area contributed by atoms with Gasteiger partial charge in [-0.1, -0.05) is 18.2 Å². The highest BCUT2D eigenvalue weighted by atomic mass is 32.1. The molecule has 0 bridgehead atoms. The highest BCUT2D eigenvalue weighted by Crippen LogP contribution is 2.32. The SMILES string of the molecule is C[C@@H]1Nc2sccc2C(=O)N1c1ccccc1. The van der Waals surface area contributed by atoms with Crippen LogP contribution < -0.4 is 10.2 Å². The number of nitrogens with zero attached hydrogens (tertiary/aromatic N) is 1. The molecule has 3 rings (SSSR count). The van der Waals surface area contributed by atoms with Crippen molar-refractivity contribution in [3.05, 3.63) is 47.3 Å². The van der Waals surface area contributed by atoms with Crippen molar-refractivity contribution in [2.45, 2.75) is 13.1 Å². The van der Waals surface area contributed by atoms with Crippen LogP contribution in [0.15, 0.2) is 41.8 Å². The van der Waals surface area contributed by atoms with Crippen molar-refractivity contribution in [1.29, 1.82) is 0 Å². The lowest BCUT2D eigenvalue weighted by atomic mass is 10.1. The molecule has 1 aromatic carbocycles. The molecule has 0 saturated carbocycles. The molecule has 0 spiro atoms. The van der Waals surface area contributed by atoms with E-state index in [4.69, 9.17) is 0 Å². The summed E-state index contributed by atoms with van der Waals surface area (Å²) in [4.78, 5) is 14.2. The number of amides is 1. The molecule has 0 unspecified atom stereocenters. The van der Waals surface area contributed by atoms with E-state index in [9.17, 15) is 4.79 Å². The zero-order chi connectivity index (χ0) is 11.8. The summed E-state index contributed by atoms with van der Waals surface area (Å²) >= 11 is 1.57. The molecule has 0 fully saturated rings. The maximum absolute atomic E-state index is 12.4. The van der Waals surface area contributed by atoms with Gasteiger partial charge >= 0.3 is 0 Å². The quantitative estimate of drug-likeness (QED) is 0.835. The lowest BCUT2D eigenvalue weighted by Gasteiger charge is -2.34. The molecule has 1 aliphatic rings. The normalized spacial score (nSPS) is 18.8. The van der Waals surface area contributed by atoms with E-state index in [0.717, 1.165) is 16.3 Å². The van der Waals surface area contributed by atoms with Gasteiger partial charge in [0.15, 0.2) is 0 Å². The Morgan fingerprint density at radius 2 is 2.00 bits per heavy atom. The van der Waals surface area contributed by atoms with Gasteiger partial charge in [-0.3, -0.25) is 9.69 Å². The summed E-state index contributed by atoms with van der Waals surface area (Å²) in [5.74, 6) is 0.0682. The summed E-state index contributed by atoms with van der Waals surface area (Å²) < 4.78 is 0. The van der Waals surface area contributed by atoms with Crippen LogP contribution in [0.4, 0.5) is 10.7 Å². The molecular formula is C13H12N2OS. The fourth-order valence-corrected chi connectivity index (χ4v) is 2.94. The number of benzene rings is 1. The standard InChI is InChI=1S/C13H12N2OS/c1-9-14-12-11(7-8-17-12)13(16)15(9)10-5-3-2-4-6-10/h2-9,14H,1H3/t9-/m1/s1. The number of hydrogen-bond acceptors (Lipinski definition) is 3. The Morgan fingerprint density at radius 1 is 1.24 bits per heavy atom. The molecule has 3 nitrogen and oxygen atoms in total. The number of anilines is 2. The Kier molecular flexibility index (Phi) is 2.37. The van der Waals surface area contributed by atoms with Crippen molar-refractivity contribution < 1.29 is 4.79 Å². The predicted octanol–water partition coefficient (Wildman–Crippen LogP) is 3.17. The van der Waals surface area contributed by atoms with Crippen LogP contribution >= 0.6 is 11.3 Å². The molecule has 1 aromatic heterocycles. The van der Waals surface area contributed by atoms with Crippen molar-refractivity contribution in [3.8, 4) is 0 Å². The summed E-state index contributed by atoms with van der Waals surface area (Å²) in [7, 11) is 0. The van der Waals surface area contributed by atoms with Gasteiger partial charge in [-0.2, -0.15) is 0 Å². The number of fused-ring (bicyclic) bond motifs is 1. The van der Waals surface area contributed by atoms with Crippen molar-refractivity contribution in [2.24, 2.45) is 0 Å². The fourth-order valence-electron chi connectivity index (χ4n) is 2.08. The third kappa shape index (κ3) is 1.61. The first-order chi connectivity index (χ1) is 8.27. The highest BCUT2D eigenvalue weighted by molar-refractivity contribution is 7.14. The first kappa shape index (κ1) is 10.4. The van der Waals surface area contributed by atoms with E-state index in [1.807, 2.05) is 48.7 Å². The molecule has 17 heavy (non-hydrogen) atoms. The van der Waals surface area contributed by atoms with Crippen LogP contribution in [0.3, 0.4) is 0 Å². The lowest BCUT2D eigenvalue weighted by molar-refractivity contribution is 0.0978. The van der Waals surface area contributed by atoms with Crippen molar-refractivity contribution in [2.75, 3.05) is 10.2 Å². The third-order valence-electron chi connectivity index (χ3n) is 2.88. The number of rotatable bonds is 1. The average Bonchev–Trinajstić information content (AvgIpc) is 2.78. The summed E-state index contributed by atoms with van der Waals surface area (Å²) in [5.41, 5.74) is 1.69. The Labute approximate surface area is 104 Å². The van der Waals surface area contributed by atoms with E-state index in [-0.39, 0.29) is 12.1 Å². The van der Waals surface area contributed by atoms with Crippen LogP contribution in [0.1, 0.15) is 17.3 Å². The Bertz CT molecular complexity index is 550. The van der Waals surface area contributed by atoms with Crippen molar-refractivity contribution in [1.82, 2.24) is 0 Å². The number of hydrogen-bond donors (Lipinski definition) is 1. The minimum absolute atomic E-state index is 0.0175. The van der Waals surface area contributed by atoms with Gasteiger partial charge in [-0.05, 0) is 30.5 Å². The second-order valence-electron chi connectivity index (χ2n) is 3.99. The zero-order valence-corrected chi connectivity index (χ0v) is 10.2. The number of thiophene rings is 1. The monoisotopic (exact) mass is 244 g/mol. The fraction of sp³-hybridized carbons (Fsp3) is 0.154. The molecule has 0 radical (unpaired) electrons. The molecule has 1 aliphatic heterocycles. The second-order valence-corrected chi connectivity index (χ2v) is 4.91. The van der Waals surface area contributed by atoms with Gasteiger partial charge in [0.2, 0.25) is 0 Å².